The molecule has 1 atom stereocenters. The Morgan fingerprint density at radius 3 is 2.17 bits per heavy atom. The van der Waals surface area contributed by atoms with Crippen molar-refractivity contribution < 1.29 is 9.59 Å². The fourth-order valence-corrected chi connectivity index (χ4v) is 4.15. The monoisotopic (exact) mass is 439 g/mol. The van der Waals surface area contributed by atoms with E-state index in [0.29, 0.717) is 23.0 Å². The lowest BCUT2D eigenvalue weighted by Gasteiger charge is -2.18. The second-order valence-electron chi connectivity index (χ2n) is 6.62. The first-order valence-corrected chi connectivity index (χ1v) is 10.8. The van der Waals surface area contributed by atoms with Crippen LogP contribution in [0.1, 0.15) is 21.9 Å². The number of rotatable bonds is 8. The van der Waals surface area contributed by atoms with Crippen LogP contribution < -0.4 is 16.4 Å². The minimum Gasteiger partial charge on any atom is -0.351 e. The molecule has 0 fully saturated rings. The molecule has 0 spiro atoms. The Labute approximate surface area is 185 Å². The minimum absolute atomic E-state index is 0.0355. The molecule has 3 aromatic carbocycles. The molecule has 1 unspecified atom stereocenters. The van der Waals surface area contributed by atoms with Gasteiger partial charge in [0.1, 0.15) is 0 Å². The fraction of sp³-hybridized carbons (Fsp3) is 0.130. The van der Waals surface area contributed by atoms with Crippen molar-refractivity contribution in [3.05, 3.63) is 101 Å². The van der Waals surface area contributed by atoms with Crippen LogP contribution >= 0.6 is 23.4 Å². The van der Waals surface area contributed by atoms with Crippen LogP contribution in [0.2, 0.25) is 5.02 Å². The Bertz CT molecular complexity index is 980. The van der Waals surface area contributed by atoms with Gasteiger partial charge in [-0.1, -0.05) is 66.2 Å². The average Bonchev–Trinajstić information content (AvgIpc) is 2.75. The summed E-state index contributed by atoms with van der Waals surface area (Å²) in [7, 11) is 0. The standard InChI is InChI=1S/C23H22ClN3O2S/c24-19-10-8-18(9-11-19)22(17-4-2-1-3-5-17)30-15-21(28)26-14-16-6-12-20(13-7-16)27-23(25)29/h1-13,22H,14-15H2,(H,26,28)(H3,25,27,29). The molecule has 0 saturated carbocycles. The van der Waals surface area contributed by atoms with E-state index < -0.39 is 6.03 Å². The zero-order valence-electron chi connectivity index (χ0n) is 16.2. The van der Waals surface area contributed by atoms with Gasteiger partial charge in [-0.3, -0.25) is 4.79 Å². The summed E-state index contributed by atoms with van der Waals surface area (Å²) in [4.78, 5) is 23.3. The maximum Gasteiger partial charge on any atom is 0.316 e. The number of halogens is 1. The van der Waals surface area contributed by atoms with E-state index in [-0.39, 0.29) is 11.2 Å². The number of nitrogens with one attached hydrogen (secondary N) is 2. The van der Waals surface area contributed by atoms with Gasteiger partial charge in [0.05, 0.1) is 11.0 Å². The third-order valence-electron chi connectivity index (χ3n) is 4.37. The molecule has 4 N–H and O–H groups in total. The second-order valence-corrected chi connectivity index (χ2v) is 8.15. The maximum absolute atomic E-state index is 12.4. The highest BCUT2D eigenvalue weighted by molar-refractivity contribution is 8.00. The first-order chi connectivity index (χ1) is 14.5. The Hall–Kier alpha value is -2.96. The van der Waals surface area contributed by atoms with Crippen LogP contribution in [0.4, 0.5) is 10.5 Å². The number of carbonyl (C=O) groups is 2. The highest BCUT2D eigenvalue weighted by atomic mass is 35.5. The zero-order valence-corrected chi connectivity index (χ0v) is 17.7. The van der Waals surface area contributed by atoms with Gasteiger partial charge in [0.25, 0.3) is 0 Å². The summed E-state index contributed by atoms with van der Waals surface area (Å²) >= 11 is 7.60. The van der Waals surface area contributed by atoms with Crippen molar-refractivity contribution in [1.82, 2.24) is 5.32 Å². The second kappa shape index (κ2) is 10.7. The molecule has 7 heteroatoms. The molecule has 3 rings (SSSR count). The smallest absolute Gasteiger partial charge is 0.316 e. The third kappa shape index (κ3) is 6.54. The summed E-state index contributed by atoms with van der Waals surface area (Å²) in [6.07, 6.45) is 0. The molecule has 0 aliphatic carbocycles. The number of amides is 3. The Balaban J connectivity index is 1.58. The molecule has 0 radical (unpaired) electrons. The van der Waals surface area contributed by atoms with Crippen molar-refractivity contribution in [2.45, 2.75) is 11.8 Å². The highest BCUT2D eigenvalue weighted by Crippen LogP contribution is 2.35. The van der Waals surface area contributed by atoms with Gasteiger partial charge in [-0.25, -0.2) is 4.79 Å². The molecular weight excluding hydrogens is 418 g/mol. The Morgan fingerprint density at radius 2 is 1.53 bits per heavy atom. The molecule has 3 amide bonds. The average molecular weight is 440 g/mol. The van der Waals surface area contributed by atoms with Gasteiger partial charge in [-0.05, 0) is 41.0 Å². The van der Waals surface area contributed by atoms with Crippen LogP contribution in [0, 0.1) is 0 Å². The first-order valence-electron chi connectivity index (χ1n) is 9.35. The fourth-order valence-electron chi connectivity index (χ4n) is 2.91. The van der Waals surface area contributed by atoms with Gasteiger partial charge in [0.15, 0.2) is 0 Å². The number of carbonyl (C=O) groups excluding carboxylic acids is 2. The number of urea groups is 1. The number of hydrogen-bond acceptors (Lipinski definition) is 3. The highest BCUT2D eigenvalue weighted by Gasteiger charge is 2.16. The summed E-state index contributed by atoms with van der Waals surface area (Å²) in [5.41, 5.74) is 8.87. The molecule has 0 aliphatic heterocycles. The van der Waals surface area contributed by atoms with Crippen LogP contribution in [0.5, 0.6) is 0 Å². The minimum atomic E-state index is -0.610. The molecule has 5 nitrogen and oxygen atoms in total. The first kappa shape index (κ1) is 21.7. The van der Waals surface area contributed by atoms with Crippen LogP contribution in [0.3, 0.4) is 0 Å². The van der Waals surface area contributed by atoms with E-state index in [2.05, 4.69) is 22.8 Å². The van der Waals surface area contributed by atoms with Crippen LogP contribution in [-0.2, 0) is 11.3 Å². The summed E-state index contributed by atoms with van der Waals surface area (Å²) < 4.78 is 0. The molecule has 0 aliphatic rings. The van der Waals surface area contributed by atoms with Gasteiger partial charge in [-0.15, -0.1) is 11.8 Å². The van der Waals surface area contributed by atoms with E-state index in [1.54, 1.807) is 23.9 Å². The number of thioether (sulfide) groups is 1. The van der Waals surface area contributed by atoms with Crippen LogP contribution in [0.25, 0.3) is 0 Å². The zero-order chi connectivity index (χ0) is 21.3. The third-order valence-corrected chi connectivity index (χ3v) is 5.93. The number of primary amides is 1. The summed E-state index contributed by atoms with van der Waals surface area (Å²) in [5.74, 6) is 0.276. The molecular formula is C23H22ClN3O2S. The van der Waals surface area contributed by atoms with Crippen molar-refractivity contribution in [1.29, 1.82) is 0 Å². The van der Waals surface area contributed by atoms with E-state index in [1.165, 1.54) is 0 Å². The number of hydrogen-bond donors (Lipinski definition) is 3. The molecule has 0 bridgehead atoms. The van der Waals surface area contributed by atoms with Crippen molar-refractivity contribution >= 4 is 41.0 Å². The quantitative estimate of drug-likeness (QED) is 0.463. The molecule has 3 aromatic rings. The summed E-state index contributed by atoms with van der Waals surface area (Å²) in [6, 6.07) is 24.3. The van der Waals surface area contributed by atoms with E-state index in [4.69, 9.17) is 17.3 Å². The lowest BCUT2D eigenvalue weighted by Crippen LogP contribution is -2.25. The van der Waals surface area contributed by atoms with Gasteiger partial charge < -0.3 is 16.4 Å². The van der Waals surface area contributed by atoms with Gasteiger partial charge >= 0.3 is 6.03 Å². The summed E-state index contributed by atoms with van der Waals surface area (Å²) in [6.45, 7) is 0.410. The topological polar surface area (TPSA) is 84.2 Å². The normalized spacial score (nSPS) is 11.5. The Morgan fingerprint density at radius 1 is 0.900 bits per heavy atom. The molecule has 0 saturated heterocycles. The van der Waals surface area contributed by atoms with Gasteiger partial charge in [-0.2, -0.15) is 0 Å². The number of nitrogens with two attached hydrogens (primary N) is 1. The Kier molecular flexibility index (Phi) is 7.76. The van der Waals surface area contributed by atoms with Gasteiger partial charge in [0, 0.05) is 17.3 Å². The lowest BCUT2D eigenvalue weighted by atomic mass is 10.0. The largest absolute Gasteiger partial charge is 0.351 e. The predicted octanol–water partition coefficient (Wildman–Crippen LogP) is 4.97. The van der Waals surface area contributed by atoms with Crippen LogP contribution in [0.15, 0.2) is 78.9 Å². The SMILES string of the molecule is NC(=O)Nc1ccc(CNC(=O)CSC(c2ccccc2)c2ccc(Cl)cc2)cc1. The van der Waals surface area contributed by atoms with Crippen molar-refractivity contribution in [3.63, 3.8) is 0 Å². The predicted molar refractivity (Wildman–Crippen MR) is 124 cm³/mol. The maximum atomic E-state index is 12.4. The van der Waals surface area contributed by atoms with Crippen molar-refractivity contribution in [2.24, 2.45) is 5.73 Å². The van der Waals surface area contributed by atoms with Crippen LogP contribution in [-0.4, -0.2) is 17.7 Å². The van der Waals surface area contributed by atoms with E-state index >= 15 is 0 Å². The van der Waals surface area contributed by atoms with E-state index in [1.807, 2.05) is 54.6 Å². The molecule has 154 valence electrons. The lowest BCUT2D eigenvalue weighted by molar-refractivity contribution is -0.118. The van der Waals surface area contributed by atoms with E-state index in [0.717, 1.165) is 16.7 Å². The molecule has 30 heavy (non-hydrogen) atoms. The molecule has 0 heterocycles. The number of benzene rings is 3. The van der Waals surface area contributed by atoms with Crippen molar-refractivity contribution in [2.75, 3.05) is 11.1 Å². The summed E-state index contributed by atoms with van der Waals surface area (Å²) in [5, 5.41) is 6.16. The molecule has 0 aromatic heterocycles. The van der Waals surface area contributed by atoms with Crippen molar-refractivity contribution in [3.8, 4) is 0 Å². The van der Waals surface area contributed by atoms with Gasteiger partial charge in [0.2, 0.25) is 5.91 Å². The number of anilines is 1. The van der Waals surface area contributed by atoms with E-state index in [9.17, 15) is 9.59 Å².